The topological polar surface area (TPSA) is 68.5 Å². The second kappa shape index (κ2) is 11.3. The number of aliphatic carboxylic acids is 1. The Bertz CT molecular complexity index is 1110. The van der Waals surface area contributed by atoms with Crippen LogP contribution >= 0.6 is 11.6 Å². The number of unbranched alkanes of at least 4 members (excludes halogenated alkanes) is 2. The van der Waals surface area contributed by atoms with Crippen molar-refractivity contribution in [1.82, 2.24) is 4.57 Å². The van der Waals surface area contributed by atoms with Crippen molar-refractivity contribution in [3.63, 3.8) is 0 Å². The first-order valence-corrected chi connectivity index (χ1v) is 11.9. The van der Waals surface area contributed by atoms with Crippen molar-refractivity contribution < 1.29 is 28.2 Å². The minimum Gasteiger partial charge on any atom is -0.481 e. The number of hydrogen-bond donors (Lipinski definition) is 1. The molecule has 0 unspecified atom stereocenters. The fourth-order valence-corrected chi connectivity index (χ4v) is 4.48. The first-order chi connectivity index (χ1) is 16.1. The number of carbonyl (C=O) groups is 2. The van der Waals surface area contributed by atoms with Crippen molar-refractivity contribution in [2.45, 2.75) is 64.4 Å². The largest absolute Gasteiger partial charge is 0.481 e. The van der Waals surface area contributed by atoms with E-state index in [0.717, 1.165) is 29.4 Å². The Balaban J connectivity index is 1.59. The molecule has 2 aromatic rings. The number of carboxylic acids is 1. The number of nitrogens with zero attached hydrogens (tertiary/aromatic N) is 1. The number of benzene rings is 1. The van der Waals surface area contributed by atoms with Crippen molar-refractivity contribution >= 4 is 34.3 Å². The highest BCUT2D eigenvalue weighted by Gasteiger charge is 2.44. The smallest absolute Gasteiger partial charge is 0.303 e. The van der Waals surface area contributed by atoms with Crippen molar-refractivity contribution in [1.29, 1.82) is 0 Å². The van der Waals surface area contributed by atoms with Crippen LogP contribution in [0.3, 0.4) is 0 Å². The number of ketones is 1. The summed E-state index contributed by atoms with van der Waals surface area (Å²) in [6.45, 7) is 2.47. The van der Waals surface area contributed by atoms with Gasteiger partial charge in [-0.25, -0.2) is 8.78 Å². The Morgan fingerprint density at radius 1 is 1.29 bits per heavy atom. The van der Waals surface area contributed by atoms with Crippen LogP contribution in [0.5, 0.6) is 0 Å². The monoisotopic (exact) mass is 493 g/mol. The first kappa shape index (κ1) is 26.2. The molecule has 34 heavy (non-hydrogen) atoms. The summed E-state index contributed by atoms with van der Waals surface area (Å²) < 4.78 is 33.4. The highest BCUT2D eigenvalue weighted by atomic mass is 35.5. The summed E-state index contributed by atoms with van der Waals surface area (Å²) in [7, 11) is 1.87. The number of aromatic nitrogens is 1. The maximum Gasteiger partial charge on any atom is 0.303 e. The number of carboxylic acid groups (broad SMARTS) is 1. The predicted octanol–water partition coefficient (Wildman–Crippen LogP) is 6.25. The van der Waals surface area contributed by atoms with Crippen molar-refractivity contribution in [3.05, 3.63) is 34.5 Å². The molecule has 184 valence electrons. The van der Waals surface area contributed by atoms with Gasteiger partial charge >= 0.3 is 5.97 Å². The second-order valence-electron chi connectivity index (χ2n) is 9.16. The van der Waals surface area contributed by atoms with E-state index in [-0.39, 0.29) is 49.9 Å². The fourth-order valence-electron chi connectivity index (χ4n) is 4.30. The van der Waals surface area contributed by atoms with Gasteiger partial charge in [-0.3, -0.25) is 9.59 Å². The number of hydrogen-bond acceptors (Lipinski definition) is 3. The lowest BCUT2D eigenvalue weighted by molar-refractivity contribution is -0.137. The Hall–Kier alpha value is -2.43. The van der Waals surface area contributed by atoms with Gasteiger partial charge in [0.05, 0.1) is 12.3 Å². The van der Waals surface area contributed by atoms with Crippen molar-refractivity contribution in [3.8, 4) is 11.8 Å². The number of Topliss-reactive ketones (excluding diaryl/α,β-unsaturated/α-hetero) is 1. The molecule has 3 rings (SSSR count). The minimum atomic E-state index is -2.53. The average molecular weight is 494 g/mol. The summed E-state index contributed by atoms with van der Waals surface area (Å²) in [6, 6.07) is 5.38. The molecule has 0 bridgehead atoms. The zero-order valence-electron chi connectivity index (χ0n) is 19.5. The summed E-state index contributed by atoms with van der Waals surface area (Å²) in [4.78, 5) is 24.2. The standard InChI is InChI=1S/C26H30ClF2NO4/c1-17(12-24(32)33)11-23(31)25-20-13-19(27)8-9-21(20)30(2)22(25)16-34-10-6-4-3-5-7-18-14-26(28,29)15-18/h8-9,13,17-18H,3-4,6,10-12,14-16H2,1-2H3,(H,32,33)/t17-/m0/s1. The van der Waals surface area contributed by atoms with Crippen molar-refractivity contribution in [2.75, 3.05) is 6.61 Å². The van der Waals surface area contributed by atoms with Crippen LogP contribution in [-0.2, 0) is 23.2 Å². The van der Waals surface area contributed by atoms with Crippen LogP contribution in [0.4, 0.5) is 8.78 Å². The summed E-state index contributed by atoms with van der Waals surface area (Å²) >= 11 is 6.19. The van der Waals surface area contributed by atoms with Gasteiger partial charge in [0, 0.05) is 73.2 Å². The van der Waals surface area contributed by atoms with E-state index in [9.17, 15) is 18.4 Å². The van der Waals surface area contributed by atoms with Crippen LogP contribution in [0.25, 0.3) is 10.9 Å². The molecule has 0 spiro atoms. The van der Waals surface area contributed by atoms with E-state index in [1.54, 1.807) is 19.1 Å². The summed E-state index contributed by atoms with van der Waals surface area (Å²) in [5, 5.41) is 10.3. The predicted molar refractivity (Wildman–Crippen MR) is 127 cm³/mol. The number of halogens is 3. The number of aryl methyl sites for hydroxylation is 1. The van der Waals surface area contributed by atoms with E-state index in [2.05, 4.69) is 11.8 Å². The molecule has 1 saturated carbocycles. The molecule has 0 amide bonds. The lowest BCUT2D eigenvalue weighted by Crippen LogP contribution is -2.34. The van der Waals surface area contributed by atoms with Gasteiger partial charge in [0.25, 0.3) is 5.92 Å². The average Bonchev–Trinajstić information content (AvgIpc) is 2.98. The Morgan fingerprint density at radius 2 is 2.03 bits per heavy atom. The molecular weight excluding hydrogens is 464 g/mol. The lowest BCUT2D eigenvalue weighted by Gasteiger charge is -2.31. The van der Waals surface area contributed by atoms with Crippen LogP contribution in [-0.4, -0.2) is 34.0 Å². The second-order valence-corrected chi connectivity index (χ2v) is 9.60. The highest BCUT2D eigenvalue weighted by Crippen LogP contribution is 2.41. The number of ether oxygens (including phenoxy) is 1. The number of fused-ring (bicyclic) bond motifs is 1. The molecule has 8 heteroatoms. The van der Waals surface area contributed by atoms with E-state index < -0.39 is 11.9 Å². The normalized spacial score (nSPS) is 16.0. The van der Waals surface area contributed by atoms with Gasteiger partial charge in [-0.1, -0.05) is 24.4 Å². The molecule has 1 fully saturated rings. The van der Waals surface area contributed by atoms with Gasteiger partial charge < -0.3 is 14.4 Å². The summed E-state index contributed by atoms with van der Waals surface area (Å²) in [6.07, 6.45) is 2.00. The maximum atomic E-state index is 13.2. The van der Waals surface area contributed by atoms with Crippen molar-refractivity contribution in [2.24, 2.45) is 18.9 Å². The van der Waals surface area contributed by atoms with Gasteiger partial charge in [-0.15, -0.1) is 5.92 Å². The van der Waals surface area contributed by atoms with Crippen LogP contribution in [0.1, 0.15) is 67.9 Å². The van der Waals surface area contributed by atoms with Gasteiger partial charge in [0.15, 0.2) is 5.78 Å². The summed E-state index contributed by atoms with van der Waals surface area (Å²) in [5.74, 6) is 1.82. The van der Waals surface area contributed by atoms with E-state index in [1.807, 2.05) is 17.7 Å². The van der Waals surface area contributed by atoms with E-state index in [1.165, 1.54) is 0 Å². The SMILES string of the molecule is C[C@H](CC(=O)O)CC(=O)c1c(COCCCCC#CC2CC(F)(F)C2)n(C)c2ccc(Cl)cc12. The molecule has 1 aliphatic carbocycles. The quantitative estimate of drug-likeness (QED) is 0.228. The fraction of sp³-hybridized carbons (Fsp3) is 0.538. The molecule has 0 aliphatic heterocycles. The third-order valence-corrected chi connectivity index (χ3v) is 6.33. The number of alkyl halides is 2. The molecule has 1 N–H and O–H groups in total. The zero-order valence-corrected chi connectivity index (χ0v) is 20.3. The first-order valence-electron chi connectivity index (χ1n) is 11.5. The van der Waals surface area contributed by atoms with Crippen LogP contribution in [0, 0.1) is 23.7 Å². The van der Waals surface area contributed by atoms with Crippen LogP contribution in [0.15, 0.2) is 18.2 Å². The van der Waals surface area contributed by atoms with E-state index >= 15 is 0 Å². The molecule has 5 nitrogen and oxygen atoms in total. The van der Waals surface area contributed by atoms with Gasteiger partial charge in [-0.2, -0.15) is 0 Å². The molecule has 1 aliphatic rings. The van der Waals surface area contributed by atoms with Gasteiger partial charge in [0.2, 0.25) is 0 Å². The zero-order chi connectivity index (χ0) is 24.9. The molecule has 1 heterocycles. The highest BCUT2D eigenvalue weighted by molar-refractivity contribution is 6.31. The maximum absolute atomic E-state index is 13.2. The number of carbonyl (C=O) groups excluding carboxylic acids is 1. The molecule has 0 saturated heterocycles. The molecular formula is C26H30ClF2NO4. The van der Waals surface area contributed by atoms with Crippen LogP contribution < -0.4 is 0 Å². The Labute approximate surface area is 203 Å². The van der Waals surface area contributed by atoms with E-state index in [0.29, 0.717) is 23.6 Å². The third kappa shape index (κ3) is 6.80. The number of rotatable bonds is 11. The lowest BCUT2D eigenvalue weighted by atomic mass is 9.82. The Morgan fingerprint density at radius 3 is 2.71 bits per heavy atom. The summed E-state index contributed by atoms with van der Waals surface area (Å²) in [5.41, 5.74) is 2.12. The third-order valence-electron chi connectivity index (χ3n) is 6.09. The van der Waals surface area contributed by atoms with Gasteiger partial charge in [0.1, 0.15) is 0 Å². The van der Waals surface area contributed by atoms with E-state index in [4.69, 9.17) is 21.4 Å². The minimum absolute atomic E-state index is 0.0742. The molecule has 1 aromatic carbocycles. The van der Waals surface area contributed by atoms with Gasteiger partial charge in [-0.05, 0) is 37.0 Å². The Kier molecular flexibility index (Phi) is 8.72. The molecule has 0 radical (unpaired) electrons. The van der Waals surface area contributed by atoms with Crippen LogP contribution in [0.2, 0.25) is 5.02 Å². The molecule has 1 aromatic heterocycles. The molecule has 1 atom stereocenters.